The monoisotopic (exact) mass is 222 g/mol. The van der Waals surface area contributed by atoms with Crippen LogP contribution in [0.4, 0.5) is 5.13 Å². The van der Waals surface area contributed by atoms with Gasteiger partial charge in [0.15, 0.2) is 5.13 Å². The number of thiazole rings is 1. The SMILES string of the molecule is C=Cc1csc(N2CCC(CC)CC2)n1. The Bertz CT molecular complexity index is 324. The van der Waals surface area contributed by atoms with Gasteiger partial charge in [-0.3, -0.25) is 0 Å². The summed E-state index contributed by atoms with van der Waals surface area (Å²) in [6.45, 7) is 8.37. The van der Waals surface area contributed by atoms with Gasteiger partial charge >= 0.3 is 0 Å². The topological polar surface area (TPSA) is 16.1 Å². The van der Waals surface area contributed by atoms with Crippen LogP contribution in [0.25, 0.3) is 6.08 Å². The van der Waals surface area contributed by atoms with E-state index in [1.165, 1.54) is 37.5 Å². The molecule has 0 radical (unpaired) electrons. The first kappa shape index (κ1) is 10.7. The van der Waals surface area contributed by atoms with E-state index in [9.17, 15) is 0 Å². The van der Waals surface area contributed by atoms with Gasteiger partial charge in [-0.1, -0.05) is 19.9 Å². The van der Waals surface area contributed by atoms with Crippen LogP contribution >= 0.6 is 11.3 Å². The summed E-state index contributed by atoms with van der Waals surface area (Å²) in [6.07, 6.45) is 5.78. The molecule has 0 N–H and O–H groups in total. The predicted octanol–water partition coefficient (Wildman–Crippen LogP) is 3.41. The van der Waals surface area contributed by atoms with E-state index >= 15 is 0 Å². The summed E-state index contributed by atoms with van der Waals surface area (Å²) in [5, 5.41) is 3.24. The molecule has 1 aromatic heterocycles. The quantitative estimate of drug-likeness (QED) is 0.779. The third-order valence-corrected chi connectivity index (χ3v) is 4.10. The van der Waals surface area contributed by atoms with Gasteiger partial charge in [0.25, 0.3) is 0 Å². The second kappa shape index (κ2) is 4.79. The maximum absolute atomic E-state index is 4.53. The minimum absolute atomic E-state index is 0.931. The normalized spacial score (nSPS) is 18.1. The molecule has 0 spiro atoms. The molecular weight excluding hydrogens is 204 g/mol. The van der Waals surface area contributed by atoms with E-state index in [1.807, 2.05) is 6.08 Å². The third kappa shape index (κ3) is 2.40. The van der Waals surface area contributed by atoms with E-state index in [0.717, 1.165) is 11.6 Å². The van der Waals surface area contributed by atoms with Gasteiger partial charge in [-0.25, -0.2) is 4.98 Å². The molecule has 0 saturated carbocycles. The highest BCUT2D eigenvalue weighted by Crippen LogP contribution is 2.27. The van der Waals surface area contributed by atoms with E-state index in [0.29, 0.717) is 0 Å². The number of nitrogens with zero attached hydrogens (tertiary/aromatic N) is 2. The average Bonchev–Trinajstić information content (AvgIpc) is 2.78. The fraction of sp³-hybridized carbons (Fsp3) is 0.583. The molecule has 0 aromatic carbocycles. The summed E-state index contributed by atoms with van der Waals surface area (Å²) >= 11 is 1.73. The van der Waals surface area contributed by atoms with Crippen molar-refractivity contribution in [3.8, 4) is 0 Å². The highest BCUT2D eigenvalue weighted by molar-refractivity contribution is 7.13. The van der Waals surface area contributed by atoms with Crippen LogP contribution in [0.1, 0.15) is 31.9 Å². The van der Waals surface area contributed by atoms with E-state index in [1.54, 1.807) is 11.3 Å². The van der Waals surface area contributed by atoms with Crippen LogP contribution in [0.5, 0.6) is 0 Å². The molecule has 3 heteroatoms. The Labute approximate surface area is 95.6 Å². The lowest BCUT2D eigenvalue weighted by atomic mass is 9.95. The minimum atomic E-state index is 0.931. The summed E-state index contributed by atoms with van der Waals surface area (Å²) in [6, 6.07) is 0. The van der Waals surface area contributed by atoms with Crippen molar-refractivity contribution in [2.24, 2.45) is 5.92 Å². The molecule has 82 valence electrons. The molecular formula is C12H18N2S. The number of aromatic nitrogens is 1. The van der Waals surface area contributed by atoms with Crippen molar-refractivity contribution in [1.82, 2.24) is 4.98 Å². The smallest absolute Gasteiger partial charge is 0.185 e. The van der Waals surface area contributed by atoms with Gasteiger partial charge in [-0.15, -0.1) is 11.3 Å². The van der Waals surface area contributed by atoms with Crippen LogP contribution in [0.15, 0.2) is 12.0 Å². The van der Waals surface area contributed by atoms with Crippen molar-refractivity contribution < 1.29 is 0 Å². The van der Waals surface area contributed by atoms with Crippen molar-refractivity contribution in [2.75, 3.05) is 18.0 Å². The Hall–Kier alpha value is -0.830. The Morgan fingerprint density at radius 1 is 1.60 bits per heavy atom. The van der Waals surface area contributed by atoms with Crippen LogP contribution < -0.4 is 4.90 Å². The van der Waals surface area contributed by atoms with E-state index < -0.39 is 0 Å². The Morgan fingerprint density at radius 2 is 2.33 bits per heavy atom. The molecule has 2 heterocycles. The van der Waals surface area contributed by atoms with Gasteiger partial charge in [0, 0.05) is 18.5 Å². The molecule has 2 rings (SSSR count). The van der Waals surface area contributed by atoms with Crippen molar-refractivity contribution >= 4 is 22.5 Å². The van der Waals surface area contributed by atoms with Gasteiger partial charge < -0.3 is 4.90 Å². The van der Waals surface area contributed by atoms with Crippen LogP contribution in [0.3, 0.4) is 0 Å². The molecule has 0 aliphatic carbocycles. The molecule has 1 fully saturated rings. The fourth-order valence-electron chi connectivity index (χ4n) is 2.05. The zero-order valence-electron chi connectivity index (χ0n) is 9.28. The number of piperidine rings is 1. The van der Waals surface area contributed by atoms with E-state index in [2.05, 4.69) is 28.8 Å². The average molecular weight is 222 g/mol. The standard InChI is InChI=1S/C12H18N2S/c1-3-10-5-7-14(8-6-10)12-13-11(4-2)9-15-12/h4,9-10H,2-3,5-8H2,1H3. The predicted molar refractivity (Wildman–Crippen MR) is 67.4 cm³/mol. The molecule has 15 heavy (non-hydrogen) atoms. The summed E-state index contributed by atoms with van der Waals surface area (Å²) in [5.74, 6) is 0.931. The van der Waals surface area contributed by atoms with Crippen molar-refractivity contribution in [1.29, 1.82) is 0 Å². The molecule has 1 aliphatic heterocycles. The molecule has 1 saturated heterocycles. The van der Waals surface area contributed by atoms with Gasteiger partial charge in [-0.05, 0) is 24.8 Å². The number of anilines is 1. The maximum atomic E-state index is 4.53. The zero-order chi connectivity index (χ0) is 10.7. The molecule has 1 aliphatic rings. The van der Waals surface area contributed by atoms with Crippen LogP contribution in [-0.4, -0.2) is 18.1 Å². The van der Waals surface area contributed by atoms with E-state index in [-0.39, 0.29) is 0 Å². The van der Waals surface area contributed by atoms with Crippen molar-refractivity contribution in [2.45, 2.75) is 26.2 Å². The van der Waals surface area contributed by atoms with Crippen molar-refractivity contribution in [3.05, 3.63) is 17.7 Å². The Balaban J connectivity index is 1.97. The molecule has 0 atom stereocenters. The molecule has 0 unspecified atom stereocenters. The van der Waals surface area contributed by atoms with Crippen LogP contribution in [0, 0.1) is 5.92 Å². The highest BCUT2D eigenvalue weighted by atomic mass is 32.1. The molecule has 0 amide bonds. The fourth-order valence-corrected chi connectivity index (χ4v) is 2.91. The van der Waals surface area contributed by atoms with E-state index in [4.69, 9.17) is 0 Å². The molecule has 1 aromatic rings. The summed E-state index contributed by atoms with van der Waals surface area (Å²) in [5.41, 5.74) is 1.01. The van der Waals surface area contributed by atoms with Gasteiger partial charge in [-0.2, -0.15) is 0 Å². The zero-order valence-corrected chi connectivity index (χ0v) is 10.1. The lowest BCUT2D eigenvalue weighted by Gasteiger charge is -2.31. The lowest BCUT2D eigenvalue weighted by molar-refractivity contribution is 0.395. The Morgan fingerprint density at radius 3 is 2.87 bits per heavy atom. The first-order valence-electron chi connectivity index (χ1n) is 5.66. The number of rotatable bonds is 3. The maximum Gasteiger partial charge on any atom is 0.185 e. The largest absolute Gasteiger partial charge is 0.348 e. The Kier molecular flexibility index (Phi) is 3.41. The van der Waals surface area contributed by atoms with Crippen LogP contribution in [0.2, 0.25) is 0 Å². The summed E-state index contributed by atoms with van der Waals surface area (Å²) in [7, 11) is 0. The summed E-state index contributed by atoms with van der Waals surface area (Å²) < 4.78 is 0. The van der Waals surface area contributed by atoms with Crippen LogP contribution in [-0.2, 0) is 0 Å². The van der Waals surface area contributed by atoms with Crippen molar-refractivity contribution in [3.63, 3.8) is 0 Å². The molecule has 2 nitrogen and oxygen atoms in total. The van der Waals surface area contributed by atoms with Gasteiger partial charge in [0.05, 0.1) is 5.69 Å². The number of hydrogen-bond donors (Lipinski definition) is 0. The second-order valence-corrected chi connectivity index (χ2v) is 4.93. The lowest BCUT2D eigenvalue weighted by Crippen LogP contribution is -2.33. The highest BCUT2D eigenvalue weighted by Gasteiger charge is 2.19. The summed E-state index contributed by atoms with van der Waals surface area (Å²) in [4.78, 5) is 6.94. The molecule has 0 bridgehead atoms. The van der Waals surface area contributed by atoms with Gasteiger partial charge in [0.2, 0.25) is 0 Å². The van der Waals surface area contributed by atoms with Gasteiger partial charge in [0.1, 0.15) is 0 Å². The first-order valence-corrected chi connectivity index (χ1v) is 6.54. The minimum Gasteiger partial charge on any atom is -0.348 e. The number of hydrogen-bond acceptors (Lipinski definition) is 3. The third-order valence-electron chi connectivity index (χ3n) is 3.18. The second-order valence-electron chi connectivity index (χ2n) is 4.10. The first-order chi connectivity index (χ1) is 7.33.